The molecule has 5 nitrogen and oxygen atoms in total. The second kappa shape index (κ2) is 8.82. The number of anilines is 1. The van der Waals surface area contributed by atoms with Crippen LogP contribution in [0.25, 0.3) is 0 Å². The number of hydrogen-bond donors (Lipinski definition) is 1. The Hall–Kier alpha value is -2.38. The number of nitrogens with one attached hydrogen (secondary N) is 1. The van der Waals surface area contributed by atoms with E-state index in [0.717, 1.165) is 6.07 Å². The number of hydrogen-bond acceptors (Lipinski definition) is 4. The van der Waals surface area contributed by atoms with Gasteiger partial charge in [0, 0.05) is 0 Å². The predicted octanol–water partition coefficient (Wildman–Crippen LogP) is 4.78. The maximum Gasteiger partial charge on any atom is 0.387 e. The summed E-state index contributed by atoms with van der Waals surface area (Å²) in [5.41, 5.74) is 0.225. The largest absolute Gasteiger partial charge is 0.449 e. The Bertz CT molecular complexity index is 817. The number of alkyl halides is 2. The average Bonchev–Trinajstić information content (AvgIpc) is 2.58. The van der Waals surface area contributed by atoms with Crippen molar-refractivity contribution >= 4 is 40.8 Å². The number of halogens is 4. The molecule has 1 unspecified atom stereocenters. The van der Waals surface area contributed by atoms with Gasteiger partial charge in [0.1, 0.15) is 5.75 Å². The molecular formula is C17H13Cl2F2NO4. The molecule has 0 saturated heterocycles. The van der Waals surface area contributed by atoms with Crippen LogP contribution in [0.2, 0.25) is 10.0 Å². The second-order valence-corrected chi connectivity index (χ2v) is 5.83. The van der Waals surface area contributed by atoms with E-state index in [-0.39, 0.29) is 27.0 Å². The summed E-state index contributed by atoms with van der Waals surface area (Å²) in [7, 11) is 0. The van der Waals surface area contributed by atoms with Crippen LogP contribution in [0.4, 0.5) is 14.5 Å². The lowest BCUT2D eigenvalue weighted by Crippen LogP contribution is -2.30. The molecule has 0 aliphatic rings. The fourth-order valence-electron chi connectivity index (χ4n) is 1.92. The zero-order valence-electron chi connectivity index (χ0n) is 13.3. The quantitative estimate of drug-likeness (QED) is 0.704. The molecule has 0 bridgehead atoms. The van der Waals surface area contributed by atoms with E-state index in [1.165, 1.54) is 31.2 Å². The van der Waals surface area contributed by atoms with Crippen molar-refractivity contribution in [3.05, 3.63) is 58.1 Å². The normalized spacial score (nSPS) is 11.8. The van der Waals surface area contributed by atoms with Gasteiger partial charge in [0.05, 0.1) is 21.3 Å². The monoisotopic (exact) mass is 403 g/mol. The third-order valence-corrected chi connectivity index (χ3v) is 3.98. The second-order valence-electron chi connectivity index (χ2n) is 5.04. The zero-order valence-corrected chi connectivity index (χ0v) is 14.9. The lowest BCUT2D eigenvalue weighted by Gasteiger charge is -2.15. The number of rotatable bonds is 6. The highest BCUT2D eigenvalue weighted by Gasteiger charge is 2.20. The summed E-state index contributed by atoms with van der Waals surface area (Å²) in [6.07, 6.45) is -1.17. The molecule has 1 atom stereocenters. The molecule has 0 fully saturated rings. The molecule has 2 aromatic rings. The summed E-state index contributed by atoms with van der Waals surface area (Å²) in [4.78, 5) is 24.2. The molecule has 1 N–H and O–H groups in total. The van der Waals surface area contributed by atoms with E-state index in [2.05, 4.69) is 10.1 Å². The van der Waals surface area contributed by atoms with Crippen molar-refractivity contribution in [1.82, 2.24) is 0 Å². The maximum absolute atomic E-state index is 12.2. The Balaban J connectivity index is 2.02. The summed E-state index contributed by atoms with van der Waals surface area (Å²) in [5.74, 6) is -1.70. The first-order chi connectivity index (χ1) is 12.3. The number of carbonyl (C=O) groups excluding carboxylic acids is 2. The first kappa shape index (κ1) is 19.9. The number of benzene rings is 2. The first-order valence-electron chi connectivity index (χ1n) is 7.28. The number of esters is 1. The third-order valence-electron chi connectivity index (χ3n) is 3.16. The Morgan fingerprint density at radius 1 is 1.12 bits per heavy atom. The van der Waals surface area contributed by atoms with E-state index >= 15 is 0 Å². The zero-order chi connectivity index (χ0) is 19.3. The molecule has 2 rings (SSSR count). The molecule has 1 amide bonds. The topological polar surface area (TPSA) is 64.6 Å². The Morgan fingerprint density at radius 3 is 2.50 bits per heavy atom. The first-order valence-corrected chi connectivity index (χ1v) is 8.04. The van der Waals surface area contributed by atoms with Crippen molar-refractivity contribution in [3.8, 4) is 5.75 Å². The van der Waals surface area contributed by atoms with Gasteiger partial charge in [0.15, 0.2) is 6.10 Å². The minimum absolute atomic E-state index is 0.0383. The van der Waals surface area contributed by atoms with Crippen LogP contribution in [0.3, 0.4) is 0 Å². The van der Waals surface area contributed by atoms with Gasteiger partial charge in [-0.15, -0.1) is 0 Å². The van der Waals surface area contributed by atoms with Gasteiger partial charge >= 0.3 is 12.6 Å². The summed E-state index contributed by atoms with van der Waals surface area (Å²) < 4.78 is 33.7. The molecule has 0 aliphatic heterocycles. The van der Waals surface area contributed by atoms with Gasteiger partial charge in [-0.1, -0.05) is 35.3 Å². The van der Waals surface area contributed by atoms with Crippen LogP contribution in [0.1, 0.15) is 17.3 Å². The average molecular weight is 404 g/mol. The van der Waals surface area contributed by atoms with Crippen LogP contribution >= 0.6 is 23.2 Å². The third kappa shape index (κ3) is 5.31. The van der Waals surface area contributed by atoms with Crippen LogP contribution in [0.15, 0.2) is 42.5 Å². The van der Waals surface area contributed by atoms with Crippen molar-refractivity contribution < 1.29 is 27.8 Å². The molecule has 138 valence electrons. The number of ether oxygens (including phenoxy) is 2. The minimum atomic E-state index is -3.02. The smallest absolute Gasteiger partial charge is 0.387 e. The highest BCUT2D eigenvalue weighted by atomic mass is 35.5. The van der Waals surface area contributed by atoms with E-state index in [9.17, 15) is 18.4 Å². The fraction of sp³-hybridized carbons (Fsp3) is 0.176. The molecule has 0 saturated carbocycles. The molecule has 2 aromatic carbocycles. The van der Waals surface area contributed by atoms with Gasteiger partial charge in [-0.05, 0) is 37.3 Å². The van der Waals surface area contributed by atoms with Gasteiger partial charge in [-0.25, -0.2) is 4.79 Å². The van der Waals surface area contributed by atoms with Crippen molar-refractivity contribution in [2.45, 2.75) is 19.6 Å². The van der Waals surface area contributed by atoms with Gasteiger partial charge < -0.3 is 14.8 Å². The highest BCUT2D eigenvalue weighted by molar-refractivity contribution is 6.44. The molecule has 0 spiro atoms. The lowest BCUT2D eigenvalue weighted by atomic mass is 10.2. The van der Waals surface area contributed by atoms with Gasteiger partial charge in [0.25, 0.3) is 5.91 Å². The Morgan fingerprint density at radius 2 is 1.81 bits per heavy atom. The summed E-state index contributed by atoms with van der Waals surface area (Å²) >= 11 is 11.8. The molecule has 9 heteroatoms. The Kier molecular flexibility index (Phi) is 6.76. The summed E-state index contributed by atoms with van der Waals surface area (Å²) in [6, 6.07) is 9.73. The highest BCUT2D eigenvalue weighted by Crippen LogP contribution is 2.29. The SMILES string of the molecule is CC(OC(=O)c1cccc(OC(F)F)c1)C(=O)Nc1cccc(Cl)c1Cl. The van der Waals surface area contributed by atoms with Crippen LogP contribution in [0, 0.1) is 0 Å². The summed E-state index contributed by atoms with van der Waals surface area (Å²) in [6.45, 7) is -1.67. The van der Waals surface area contributed by atoms with Crippen LogP contribution in [0.5, 0.6) is 5.75 Å². The maximum atomic E-state index is 12.2. The van der Waals surface area contributed by atoms with Crippen LogP contribution < -0.4 is 10.1 Å². The minimum Gasteiger partial charge on any atom is -0.449 e. The van der Waals surface area contributed by atoms with Gasteiger partial charge in [-0.2, -0.15) is 8.78 Å². The standard InChI is InChI=1S/C17H13Cl2F2NO4/c1-9(15(23)22-13-7-3-6-12(18)14(13)19)25-16(24)10-4-2-5-11(8-10)26-17(20)21/h2-9,17H,1H3,(H,22,23). The van der Waals surface area contributed by atoms with E-state index < -0.39 is 24.6 Å². The molecule has 0 heterocycles. The van der Waals surface area contributed by atoms with Crippen molar-refractivity contribution in [2.24, 2.45) is 0 Å². The fourth-order valence-corrected chi connectivity index (χ4v) is 2.26. The molecule has 0 radical (unpaired) electrons. The van der Waals surface area contributed by atoms with E-state index in [1.807, 2.05) is 0 Å². The lowest BCUT2D eigenvalue weighted by molar-refractivity contribution is -0.123. The molecule has 26 heavy (non-hydrogen) atoms. The number of amides is 1. The van der Waals surface area contributed by atoms with Crippen molar-refractivity contribution in [3.63, 3.8) is 0 Å². The van der Waals surface area contributed by atoms with E-state index in [4.69, 9.17) is 27.9 Å². The Labute approximate surface area is 157 Å². The van der Waals surface area contributed by atoms with Crippen LogP contribution in [-0.2, 0) is 9.53 Å². The van der Waals surface area contributed by atoms with Crippen molar-refractivity contribution in [2.75, 3.05) is 5.32 Å². The predicted molar refractivity (Wildman–Crippen MR) is 93.0 cm³/mol. The molecule has 0 aliphatic carbocycles. The van der Waals surface area contributed by atoms with Gasteiger partial charge in [0.2, 0.25) is 0 Å². The van der Waals surface area contributed by atoms with Crippen molar-refractivity contribution in [1.29, 1.82) is 0 Å². The van der Waals surface area contributed by atoms with Crippen LogP contribution in [-0.4, -0.2) is 24.6 Å². The molecule has 0 aromatic heterocycles. The summed E-state index contributed by atoms with van der Waals surface area (Å²) in [5, 5.41) is 2.89. The van der Waals surface area contributed by atoms with E-state index in [0.29, 0.717) is 0 Å². The number of carbonyl (C=O) groups is 2. The van der Waals surface area contributed by atoms with E-state index in [1.54, 1.807) is 12.1 Å². The molecular weight excluding hydrogens is 391 g/mol. The van der Waals surface area contributed by atoms with Gasteiger partial charge in [-0.3, -0.25) is 4.79 Å².